The lowest BCUT2D eigenvalue weighted by Gasteiger charge is -2.24. The van der Waals surface area contributed by atoms with E-state index in [1.807, 2.05) is 0 Å². The molecule has 6 nitrogen and oxygen atoms in total. The Morgan fingerprint density at radius 1 is 1.30 bits per heavy atom. The summed E-state index contributed by atoms with van der Waals surface area (Å²) in [5, 5.41) is 0. The minimum atomic E-state index is -1.54. The van der Waals surface area contributed by atoms with Gasteiger partial charge in [0.05, 0.1) is 32.6 Å². The number of amides is 1. The lowest BCUT2D eigenvalue weighted by atomic mass is 9.90. The Bertz CT molecular complexity index is 698. The molecule has 0 N–H and O–H groups in total. The molecule has 0 bridgehead atoms. The zero-order valence-electron chi connectivity index (χ0n) is 13.4. The Labute approximate surface area is 134 Å². The van der Waals surface area contributed by atoms with Crippen molar-refractivity contribution in [1.29, 1.82) is 0 Å². The van der Waals surface area contributed by atoms with Gasteiger partial charge < -0.3 is 14.2 Å². The molecule has 1 spiro atoms. The Balaban J connectivity index is 2.09. The van der Waals surface area contributed by atoms with Crippen molar-refractivity contribution >= 4 is 17.4 Å². The highest BCUT2D eigenvalue weighted by atomic mass is 16.5. The van der Waals surface area contributed by atoms with Crippen LogP contribution in [0.2, 0.25) is 0 Å². The molecule has 0 saturated carbocycles. The van der Waals surface area contributed by atoms with Crippen LogP contribution >= 0.6 is 0 Å². The fourth-order valence-corrected chi connectivity index (χ4v) is 3.23. The van der Waals surface area contributed by atoms with Crippen molar-refractivity contribution in [2.45, 2.75) is 25.0 Å². The number of methoxy groups -OCH3 is 2. The molecule has 2 aliphatic rings. The predicted octanol–water partition coefficient (Wildman–Crippen LogP) is 1.72. The van der Waals surface area contributed by atoms with E-state index in [9.17, 15) is 9.59 Å². The van der Waals surface area contributed by atoms with Gasteiger partial charge in [-0.2, -0.15) is 0 Å². The fraction of sp³-hybridized carbons (Fsp3) is 0.412. The van der Waals surface area contributed by atoms with E-state index >= 15 is 0 Å². The van der Waals surface area contributed by atoms with Crippen molar-refractivity contribution in [3.05, 3.63) is 30.4 Å². The molecule has 2 heterocycles. The largest absolute Gasteiger partial charge is 0.497 e. The molecule has 0 aliphatic carbocycles. The van der Waals surface area contributed by atoms with E-state index in [2.05, 4.69) is 6.58 Å². The molecule has 1 aromatic carbocycles. The normalized spacial score (nSPS) is 27.2. The van der Waals surface area contributed by atoms with Gasteiger partial charge in [-0.25, -0.2) is 0 Å². The van der Waals surface area contributed by atoms with Crippen molar-refractivity contribution in [3.63, 3.8) is 0 Å². The first-order chi connectivity index (χ1) is 11.0. The summed E-state index contributed by atoms with van der Waals surface area (Å²) >= 11 is 0. The Hall–Kier alpha value is -2.34. The van der Waals surface area contributed by atoms with Gasteiger partial charge in [0.25, 0.3) is 5.91 Å². The molecular formula is C17H19NO5. The van der Waals surface area contributed by atoms with Gasteiger partial charge in [0.15, 0.2) is 0 Å². The number of ether oxygens (including phenoxy) is 3. The molecule has 122 valence electrons. The summed E-state index contributed by atoms with van der Waals surface area (Å²) in [6.45, 7) is 5.90. The van der Waals surface area contributed by atoms with Crippen molar-refractivity contribution in [2.75, 3.05) is 25.7 Å². The summed E-state index contributed by atoms with van der Waals surface area (Å²) in [5.41, 5.74) is -0.502. The zero-order valence-corrected chi connectivity index (χ0v) is 13.4. The summed E-state index contributed by atoms with van der Waals surface area (Å²) in [6, 6.07) is 4.45. The second-order valence-corrected chi connectivity index (χ2v) is 5.64. The zero-order chi connectivity index (χ0) is 16.8. The van der Waals surface area contributed by atoms with E-state index in [4.69, 9.17) is 14.2 Å². The molecule has 3 rings (SSSR count). The third-order valence-corrected chi connectivity index (χ3v) is 4.50. The van der Waals surface area contributed by atoms with Crippen LogP contribution in [0.25, 0.3) is 0 Å². The molecule has 2 fully saturated rings. The average Bonchev–Trinajstić information content (AvgIpc) is 3.03. The number of ketones is 1. The topological polar surface area (TPSA) is 65.1 Å². The van der Waals surface area contributed by atoms with Crippen LogP contribution in [-0.4, -0.2) is 44.2 Å². The molecule has 2 atom stereocenters. The molecule has 0 aromatic heterocycles. The van der Waals surface area contributed by atoms with Crippen LogP contribution < -0.4 is 14.4 Å². The number of nitrogens with zero attached hydrogens (tertiary/aromatic N) is 1. The van der Waals surface area contributed by atoms with Crippen LogP contribution in [0.3, 0.4) is 0 Å². The monoisotopic (exact) mass is 317 g/mol. The number of Topliss-reactive ketones (excluding diaryl/α,β-unsaturated/α-hetero) is 1. The summed E-state index contributed by atoms with van der Waals surface area (Å²) in [7, 11) is 3.05. The minimum absolute atomic E-state index is 0.275. The van der Waals surface area contributed by atoms with Crippen molar-refractivity contribution < 1.29 is 23.8 Å². The second-order valence-electron chi connectivity index (χ2n) is 5.64. The van der Waals surface area contributed by atoms with Gasteiger partial charge in [-0.1, -0.05) is 6.58 Å². The maximum atomic E-state index is 13.0. The highest BCUT2D eigenvalue weighted by molar-refractivity contribution is 6.28. The molecule has 23 heavy (non-hydrogen) atoms. The standard InChI is InChI=1S/C17H19NO5/c1-10-7-8-23-17(10)15(19)11(2)18(16(17)20)13-6-5-12(21-3)9-14(13)22-4/h5-6,9,11H,1,7-8H2,2-4H3/t11-,17-/m0/s1. The van der Waals surface area contributed by atoms with Gasteiger partial charge in [-0.05, 0) is 31.1 Å². The van der Waals surface area contributed by atoms with Crippen LogP contribution in [0.5, 0.6) is 11.5 Å². The number of carbonyl (C=O) groups excluding carboxylic acids is 2. The second kappa shape index (κ2) is 5.38. The lowest BCUT2D eigenvalue weighted by molar-refractivity contribution is -0.142. The summed E-state index contributed by atoms with van der Waals surface area (Å²) in [6.07, 6.45) is 0.512. The van der Waals surface area contributed by atoms with Gasteiger partial charge >= 0.3 is 0 Å². The lowest BCUT2D eigenvalue weighted by Crippen LogP contribution is -2.44. The van der Waals surface area contributed by atoms with Gasteiger partial charge in [0.2, 0.25) is 11.4 Å². The number of rotatable bonds is 3. The van der Waals surface area contributed by atoms with E-state index in [0.29, 0.717) is 35.8 Å². The number of anilines is 1. The molecule has 1 aromatic rings. The number of hydrogen-bond donors (Lipinski definition) is 0. The Morgan fingerprint density at radius 3 is 2.61 bits per heavy atom. The summed E-state index contributed by atoms with van der Waals surface area (Å²) < 4.78 is 16.1. The fourth-order valence-electron chi connectivity index (χ4n) is 3.23. The van der Waals surface area contributed by atoms with E-state index < -0.39 is 17.6 Å². The molecule has 6 heteroatoms. The third kappa shape index (κ3) is 1.98. The van der Waals surface area contributed by atoms with Gasteiger partial charge in [0.1, 0.15) is 11.5 Å². The quantitative estimate of drug-likeness (QED) is 0.627. The van der Waals surface area contributed by atoms with Crippen molar-refractivity contribution in [3.8, 4) is 11.5 Å². The van der Waals surface area contributed by atoms with Crippen LogP contribution in [0.15, 0.2) is 30.4 Å². The van der Waals surface area contributed by atoms with E-state index in [-0.39, 0.29) is 5.78 Å². The first-order valence-corrected chi connectivity index (χ1v) is 7.39. The minimum Gasteiger partial charge on any atom is -0.497 e. The first kappa shape index (κ1) is 15.6. The van der Waals surface area contributed by atoms with Crippen LogP contribution in [0.1, 0.15) is 13.3 Å². The number of hydrogen-bond acceptors (Lipinski definition) is 5. The number of carbonyl (C=O) groups is 2. The summed E-state index contributed by atoms with van der Waals surface area (Å²) in [4.78, 5) is 27.2. The average molecular weight is 317 g/mol. The molecule has 2 aliphatic heterocycles. The smallest absolute Gasteiger partial charge is 0.272 e. The number of benzene rings is 1. The highest BCUT2D eigenvalue weighted by Crippen LogP contribution is 2.44. The predicted molar refractivity (Wildman–Crippen MR) is 83.9 cm³/mol. The van der Waals surface area contributed by atoms with E-state index in [1.165, 1.54) is 12.0 Å². The molecule has 0 radical (unpaired) electrons. The third-order valence-electron chi connectivity index (χ3n) is 4.50. The van der Waals surface area contributed by atoms with Crippen molar-refractivity contribution in [1.82, 2.24) is 0 Å². The first-order valence-electron chi connectivity index (χ1n) is 7.39. The van der Waals surface area contributed by atoms with Crippen LogP contribution in [0, 0.1) is 0 Å². The maximum absolute atomic E-state index is 13.0. The molecule has 0 unspecified atom stereocenters. The van der Waals surface area contributed by atoms with Crippen LogP contribution in [0.4, 0.5) is 5.69 Å². The van der Waals surface area contributed by atoms with Crippen LogP contribution in [-0.2, 0) is 14.3 Å². The van der Waals surface area contributed by atoms with E-state index in [1.54, 1.807) is 32.2 Å². The SMILES string of the molecule is C=C1CCO[C@]12C(=O)[C@H](C)N(c1ccc(OC)cc1OC)C2=O. The van der Waals surface area contributed by atoms with Gasteiger partial charge in [0, 0.05) is 6.07 Å². The Kier molecular flexibility index (Phi) is 3.64. The molecule has 1 amide bonds. The molecular weight excluding hydrogens is 298 g/mol. The Morgan fingerprint density at radius 2 is 2.04 bits per heavy atom. The highest BCUT2D eigenvalue weighted by Gasteiger charge is 2.63. The van der Waals surface area contributed by atoms with Gasteiger partial charge in [-0.3, -0.25) is 14.5 Å². The van der Waals surface area contributed by atoms with Gasteiger partial charge in [-0.15, -0.1) is 0 Å². The summed E-state index contributed by atoms with van der Waals surface area (Å²) in [5.74, 6) is 0.384. The maximum Gasteiger partial charge on any atom is 0.272 e. The van der Waals surface area contributed by atoms with Crippen molar-refractivity contribution in [2.24, 2.45) is 0 Å². The molecule has 2 saturated heterocycles. The van der Waals surface area contributed by atoms with E-state index in [0.717, 1.165) is 0 Å².